The zero-order valence-corrected chi connectivity index (χ0v) is 23.2. The molecule has 1 atom stereocenters. The molecule has 0 heterocycles. The van der Waals surface area contributed by atoms with Crippen molar-refractivity contribution in [2.75, 3.05) is 24.0 Å². The molecule has 0 fully saturated rings. The first-order valence-corrected chi connectivity index (χ1v) is 14.1. The predicted octanol–water partition coefficient (Wildman–Crippen LogP) is 4.49. The van der Waals surface area contributed by atoms with Crippen LogP contribution >= 0.6 is 11.6 Å². The fraction of sp³-hybridized carbons (Fsp3) is 0.286. The number of anilines is 1. The summed E-state index contributed by atoms with van der Waals surface area (Å²) >= 11 is 6.37. The summed E-state index contributed by atoms with van der Waals surface area (Å²) in [4.78, 5) is 28.0. The summed E-state index contributed by atoms with van der Waals surface area (Å²) in [5, 5.41) is 3.16. The van der Waals surface area contributed by atoms with Crippen molar-refractivity contribution in [3.05, 3.63) is 89.4 Å². The Hall–Kier alpha value is -3.56. The first kappa shape index (κ1) is 29.0. The van der Waals surface area contributed by atoms with Gasteiger partial charge in [0.25, 0.3) is 10.0 Å². The van der Waals surface area contributed by atoms with Gasteiger partial charge in [-0.2, -0.15) is 0 Å². The first-order chi connectivity index (χ1) is 18.2. The molecular weight excluding hydrogens is 526 g/mol. The highest BCUT2D eigenvalue weighted by atomic mass is 35.5. The molecular formula is C28H32ClN3O5S. The van der Waals surface area contributed by atoms with Gasteiger partial charge in [-0.25, -0.2) is 8.42 Å². The third-order valence-corrected chi connectivity index (χ3v) is 8.00. The number of carbonyl (C=O) groups excluding carboxylic acids is 2. The van der Waals surface area contributed by atoms with Crippen molar-refractivity contribution in [2.45, 2.75) is 38.3 Å². The van der Waals surface area contributed by atoms with E-state index in [1.807, 2.05) is 0 Å². The van der Waals surface area contributed by atoms with E-state index in [2.05, 4.69) is 5.32 Å². The van der Waals surface area contributed by atoms with E-state index >= 15 is 0 Å². The third-order valence-electron chi connectivity index (χ3n) is 5.86. The number of carbonyl (C=O) groups is 2. The summed E-state index contributed by atoms with van der Waals surface area (Å²) in [5.74, 6) is -0.619. The van der Waals surface area contributed by atoms with E-state index in [9.17, 15) is 18.0 Å². The second kappa shape index (κ2) is 13.3. The number of rotatable bonds is 12. The number of hydrogen-bond acceptors (Lipinski definition) is 5. The monoisotopic (exact) mass is 557 g/mol. The Morgan fingerprint density at radius 2 is 1.58 bits per heavy atom. The fourth-order valence-electron chi connectivity index (χ4n) is 3.89. The largest absolute Gasteiger partial charge is 0.492 e. The Bertz CT molecular complexity index is 1350. The SMILES string of the molecule is CCNC(=O)[C@H](C)N(Cc1ccccc1Cl)C(=O)CN(c1ccccc1OCC)S(=O)(=O)c1ccccc1. The minimum atomic E-state index is -4.18. The molecule has 10 heteroatoms. The van der Waals surface area contributed by atoms with Gasteiger partial charge in [0.05, 0.1) is 17.2 Å². The average molecular weight is 558 g/mol. The Morgan fingerprint density at radius 1 is 0.947 bits per heavy atom. The Labute approximate surface area is 229 Å². The van der Waals surface area contributed by atoms with Gasteiger partial charge in [-0.15, -0.1) is 0 Å². The van der Waals surface area contributed by atoms with E-state index in [-0.39, 0.29) is 23.0 Å². The molecule has 0 spiro atoms. The lowest BCUT2D eigenvalue weighted by atomic mass is 10.1. The van der Waals surface area contributed by atoms with Crippen molar-refractivity contribution < 1.29 is 22.7 Å². The molecule has 202 valence electrons. The summed E-state index contributed by atoms with van der Waals surface area (Å²) in [6.07, 6.45) is 0. The number of sulfonamides is 1. The van der Waals surface area contributed by atoms with Gasteiger partial charge in [0.1, 0.15) is 18.3 Å². The topological polar surface area (TPSA) is 96.0 Å². The van der Waals surface area contributed by atoms with E-state index in [0.29, 0.717) is 29.5 Å². The van der Waals surface area contributed by atoms with Crippen LogP contribution in [0.15, 0.2) is 83.8 Å². The van der Waals surface area contributed by atoms with Crippen LogP contribution in [0.1, 0.15) is 26.3 Å². The van der Waals surface area contributed by atoms with Crippen LogP contribution in [0.5, 0.6) is 5.75 Å². The molecule has 0 saturated carbocycles. The molecule has 0 radical (unpaired) electrons. The lowest BCUT2D eigenvalue weighted by molar-refractivity contribution is -0.139. The number of amides is 2. The van der Waals surface area contributed by atoms with Gasteiger partial charge in [-0.3, -0.25) is 13.9 Å². The standard InChI is InChI=1S/C28H32ClN3O5S/c1-4-30-28(34)21(3)31(19-22-13-9-10-16-24(22)29)27(33)20-32(25-17-11-12-18-26(25)37-5-2)38(35,36)23-14-7-6-8-15-23/h6-18,21H,4-5,19-20H2,1-3H3,(H,30,34)/t21-/m0/s1. The molecule has 0 aliphatic carbocycles. The number of benzene rings is 3. The minimum absolute atomic E-state index is 0.0170. The van der Waals surface area contributed by atoms with Crippen LogP contribution in [0.4, 0.5) is 5.69 Å². The Morgan fingerprint density at radius 3 is 2.24 bits per heavy atom. The number of hydrogen-bond donors (Lipinski definition) is 1. The molecule has 2 amide bonds. The molecule has 38 heavy (non-hydrogen) atoms. The van der Waals surface area contributed by atoms with E-state index in [1.165, 1.54) is 17.0 Å². The first-order valence-electron chi connectivity index (χ1n) is 12.3. The predicted molar refractivity (Wildman–Crippen MR) is 149 cm³/mol. The van der Waals surface area contributed by atoms with Crippen molar-refractivity contribution >= 4 is 39.1 Å². The van der Waals surface area contributed by atoms with Crippen molar-refractivity contribution in [1.29, 1.82) is 0 Å². The molecule has 3 aromatic carbocycles. The Balaban J connectivity index is 2.08. The highest BCUT2D eigenvalue weighted by molar-refractivity contribution is 7.92. The number of ether oxygens (including phenoxy) is 1. The van der Waals surface area contributed by atoms with Gasteiger partial charge in [-0.1, -0.05) is 60.1 Å². The van der Waals surface area contributed by atoms with Gasteiger partial charge in [-0.05, 0) is 56.7 Å². The lowest BCUT2D eigenvalue weighted by Gasteiger charge is -2.32. The molecule has 0 unspecified atom stereocenters. The van der Waals surface area contributed by atoms with E-state index in [1.54, 1.807) is 87.5 Å². The average Bonchev–Trinajstić information content (AvgIpc) is 2.92. The molecule has 3 rings (SSSR count). The number of nitrogens with one attached hydrogen (secondary N) is 1. The maximum atomic E-state index is 13.9. The summed E-state index contributed by atoms with van der Waals surface area (Å²) in [7, 11) is -4.18. The Kier molecular flexibility index (Phi) is 10.2. The van der Waals surface area contributed by atoms with Gasteiger partial charge >= 0.3 is 0 Å². The quantitative estimate of drug-likeness (QED) is 0.354. The maximum absolute atomic E-state index is 13.9. The molecule has 3 aromatic rings. The normalized spacial score (nSPS) is 11.9. The van der Waals surface area contributed by atoms with Crippen LogP contribution in [-0.4, -0.2) is 50.9 Å². The molecule has 0 bridgehead atoms. The lowest BCUT2D eigenvalue weighted by Crippen LogP contribution is -2.51. The number of halogens is 1. The molecule has 0 saturated heterocycles. The molecule has 0 aromatic heterocycles. The van der Waals surface area contributed by atoms with Crippen molar-refractivity contribution in [2.24, 2.45) is 0 Å². The van der Waals surface area contributed by atoms with E-state index < -0.39 is 28.5 Å². The molecule has 0 aliphatic rings. The summed E-state index contributed by atoms with van der Waals surface area (Å²) in [6.45, 7) is 5.31. The molecule has 0 aliphatic heterocycles. The minimum Gasteiger partial charge on any atom is -0.492 e. The van der Waals surface area contributed by atoms with Crippen LogP contribution in [0.25, 0.3) is 0 Å². The number of nitrogens with zero attached hydrogens (tertiary/aromatic N) is 2. The number of likely N-dealkylation sites (N-methyl/N-ethyl adjacent to an activating group) is 1. The fourth-order valence-corrected chi connectivity index (χ4v) is 5.53. The zero-order chi connectivity index (χ0) is 27.7. The molecule has 1 N–H and O–H groups in total. The molecule has 8 nitrogen and oxygen atoms in total. The third kappa shape index (κ3) is 6.85. The highest BCUT2D eigenvalue weighted by Crippen LogP contribution is 2.33. The van der Waals surface area contributed by atoms with Gasteiger partial charge < -0.3 is 15.0 Å². The maximum Gasteiger partial charge on any atom is 0.264 e. The van der Waals surface area contributed by atoms with Crippen molar-refractivity contribution in [1.82, 2.24) is 10.2 Å². The van der Waals surface area contributed by atoms with Crippen molar-refractivity contribution in [3.8, 4) is 5.75 Å². The van der Waals surface area contributed by atoms with Crippen LogP contribution in [0.2, 0.25) is 5.02 Å². The van der Waals surface area contributed by atoms with Gasteiger partial charge in [0.2, 0.25) is 11.8 Å². The van der Waals surface area contributed by atoms with Crippen LogP contribution in [0, 0.1) is 0 Å². The zero-order valence-electron chi connectivity index (χ0n) is 21.6. The van der Waals surface area contributed by atoms with E-state index in [4.69, 9.17) is 16.3 Å². The second-order valence-corrected chi connectivity index (χ2v) is 10.7. The van der Waals surface area contributed by atoms with Crippen LogP contribution in [0.3, 0.4) is 0 Å². The van der Waals surface area contributed by atoms with Gasteiger partial charge in [0, 0.05) is 18.1 Å². The number of para-hydroxylation sites is 2. The summed E-state index contributed by atoms with van der Waals surface area (Å²) in [6, 6.07) is 20.6. The summed E-state index contributed by atoms with van der Waals surface area (Å²) < 4.78 is 34.5. The van der Waals surface area contributed by atoms with Crippen LogP contribution in [-0.2, 0) is 26.2 Å². The van der Waals surface area contributed by atoms with E-state index in [0.717, 1.165) is 4.31 Å². The summed E-state index contributed by atoms with van der Waals surface area (Å²) in [5.41, 5.74) is 0.848. The van der Waals surface area contributed by atoms with Crippen LogP contribution < -0.4 is 14.4 Å². The van der Waals surface area contributed by atoms with Crippen molar-refractivity contribution in [3.63, 3.8) is 0 Å². The van der Waals surface area contributed by atoms with Gasteiger partial charge in [0.15, 0.2) is 0 Å². The second-order valence-electron chi connectivity index (χ2n) is 8.41. The smallest absolute Gasteiger partial charge is 0.264 e. The highest BCUT2D eigenvalue weighted by Gasteiger charge is 2.33.